The molecular formula is C16H7N3O3. The van der Waals surface area contributed by atoms with Crippen molar-refractivity contribution in [2.75, 3.05) is 0 Å². The normalized spacial score (nSPS) is 12.1. The first kappa shape index (κ1) is 13.3. The molecule has 0 spiro atoms. The highest BCUT2D eigenvalue weighted by atomic mass is 16.3. The first-order chi connectivity index (χ1) is 10.6. The van der Waals surface area contributed by atoms with Crippen molar-refractivity contribution in [3.8, 4) is 23.3 Å². The number of hydrogen-bond donors (Lipinski definition) is 1. The van der Waals surface area contributed by atoms with Crippen LogP contribution in [-0.2, 0) is 0 Å². The van der Waals surface area contributed by atoms with Gasteiger partial charge in [-0.2, -0.15) is 10.5 Å². The van der Waals surface area contributed by atoms with Crippen LogP contribution in [0.4, 0.5) is 0 Å². The first-order valence-corrected chi connectivity index (χ1v) is 6.22. The lowest BCUT2D eigenvalue weighted by atomic mass is 9.99. The Balaban J connectivity index is 2.10. The molecule has 1 N–H and O–H groups in total. The third kappa shape index (κ3) is 2.05. The highest BCUT2D eigenvalue weighted by Crippen LogP contribution is 2.29. The molecule has 0 radical (unpaired) electrons. The molecule has 6 heteroatoms. The van der Waals surface area contributed by atoms with Crippen LogP contribution in [0.25, 0.3) is 17.2 Å². The molecule has 0 unspecified atom stereocenters. The van der Waals surface area contributed by atoms with E-state index in [4.69, 9.17) is 14.9 Å². The monoisotopic (exact) mass is 289 g/mol. The smallest absolute Gasteiger partial charge is 0.258 e. The number of hydrogen-bond acceptors (Lipinski definition) is 5. The summed E-state index contributed by atoms with van der Waals surface area (Å²) in [5.74, 6) is -0.868. The van der Waals surface area contributed by atoms with Gasteiger partial charge < -0.3 is 4.42 Å². The van der Waals surface area contributed by atoms with Crippen LogP contribution >= 0.6 is 0 Å². The van der Waals surface area contributed by atoms with Gasteiger partial charge in [-0.25, -0.2) is 0 Å². The van der Waals surface area contributed by atoms with Crippen molar-refractivity contribution in [2.24, 2.45) is 0 Å². The van der Waals surface area contributed by atoms with E-state index in [2.05, 4.69) is 5.32 Å². The van der Waals surface area contributed by atoms with Crippen LogP contribution in [0, 0.1) is 22.7 Å². The number of allylic oxidation sites excluding steroid dienone is 1. The number of fused-ring (bicyclic) bond motifs is 1. The standard InChI is InChI=1S/C16H7N3O3/c17-5-9(6-18)3-11-7-22-8-14(11)10-1-2-12-13(4-10)16(21)19-15(12)20/h1-4,7-8H,(H,19,20,21). The van der Waals surface area contributed by atoms with Gasteiger partial charge in [0.05, 0.1) is 23.7 Å². The fourth-order valence-electron chi connectivity index (χ4n) is 2.23. The lowest BCUT2D eigenvalue weighted by molar-refractivity contribution is 0.0879. The molecule has 0 bridgehead atoms. The topological polar surface area (TPSA) is 107 Å². The molecule has 0 saturated carbocycles. The summed E-state index contributed by atoms with van der Waals surface area (Å²) >= 11 is 0. The number of nitrogens with zero attached hydrogens (tertiary/aromatic N) is 2. The number of rotatable bonds is 2. The molecule has 22 heavy (non-hydrogen) atoms. The number of furan rings is 1. The van der Waals surface area contributed by atoms with Gasteiger partial charge in [-0.3, -0.25) is 14.9 Å². The maximum absolute atomic E-state index is 11.7. The molecule has 1 aromatic heterocycles. The van der Waals surface area contributed by atoms with Crippen molar-refractivity contribution in [1.29, 1.82) is 10.5 Å². The third-order valence-corrected chi connectivity index (χ3v) is 3.28. The summed E-state index contributed by atoms with van der Waals surface area (Å²) in [5.41, 5.74) is 2.37. The summed E-state index contributed by atoms with van der Waals surface area (Å²) in [6.07, 6.45) is 4.26. The highest BCUT2D eigenvalue weighted by molar-refractivity contribution is 6.21. The Bertz CT molecular complexity index is 907. The molecule has 6 nitrogen and oxygen atoms in total. The predicted octanol–water partition coefficient (Wildman–Crippen LogP) is 2.26. The number of amides is 2. The van der Waals surface area contributed by atoms with Crippen molar-refractivity contribution in [2.45, 2.75) is 0 Å². The lowest BCUT2D eigenvalue weighted by Crippen LogP contribution is -2.19. The zero-order chi connectivity index (χ0) is 15.7. The molecule has 1 aliphatic heterocycles. The summed E-state index contributed by atoms with van der Waals surface area (Å²) < 4.78 is 5.13. The summed E-state index contributed by atoms with van der Waals surface area (Å²) in [6, 6.07) is 8.36. The van der Waals surface area contributed by atoms with Gasteiger partial charge in [-0.15, -0.1) is 0 Å². The number of carbonyl (C=O) groups is 2. The van der Waals surface area contributed by atoms with Crippen molar-refractivity contribution >= 4 is 17.9 Å². The van der Waals surface area contributed by atoms with Crippen LogP contribution in [-0.4, -0.2) is 11.8 Å². The van der Waals surface area contributed by atoms with E-state index >= 15 is 0 Å². The molecule has 0 aliphatic carbocycles. The molecule has 2 aromatic rings. The Morgan fingerprint density at radius 2 is 1.77 bits per heavy atom. The van der Waals surface area contributed by atoms with Gasteiger partial charge in [0.15, 0.2) is 0 Å². The summed E-state index contributed by atoms with van der Waals surface area (Å²) in [6.45, 7) is 0. The SMILES string of the molecule is N#CC(C#N)=Cc1cocc1-c1ccc2c(c1)C(=O)NC2=O. The van der Waals surface area contributed by atoms with E-state index in [1.165, 1.54) is 18.6 Å². The van der Waals surface area contributed by atoms with Crippen LogP contribution in [0.1, 0.15) is 26.3 Å². The second-order valence-corrected chi connectivity index (χ2v) is 4.57. The summed E-state index contributed by atoms with van der Waals surface area (Å²) in [4.78, 5) is 23.2. The van der Waals surface area contributed by atoms with Crippen molar-refractivity contribution in [1.82, 2.24) is 5.32 Å². The molecule has 3 rings (SSSR count). The van der Waals surface area contributed by atoms with Gasteiger partial charge in [0, 0.05) is 11.1 Å². The van der Waals surface area contributed by atoms with Gasteiger partial charge in [0.2, 0.25) is 0 Å². The quantitative estimate of drug-likeness (QED) is 0.674. The minimum atomic E-state index is -0.447. The van der Waals surface area contributed by atoms with E-state index in [-0.39, 0.29) is 5.57 Å². The van der Waals surface area contributed by atoms with Crippen LogP contribution in [0.5, 0.6) is 0 Å². The molecular weight excluding hydrogens is 282 g/mol. The van der Waals surface area contributed by atoms with Gasteiger partial charge in [0.25, 0.3) is 11.8 Å². The van der Waals surface area contributed by atoms with Gasteiger partial charge >= 0.3 is 0 Å². The van der Waals surface area contributed by atoms with Crippen molar-refractivity contribution in [3.63, 3.8) is 0 Å². The number of benzene rings is 1. The maximum atomic E-state index is 11.7. The molecule has 0 fully saturated rings. The van der Waals surface area contributed by atoms with Crippen LogP contribution in [0.3, 0.4) is 0 Å². The average molecular weight is 289 g/mol. The largest absolute Gasteiger partial charge is 0.471 e. The van der Waals surface area contributed by atoms with E-state index in [0.717, 1.165) is 0 Å². The molecule has 1 aromatic carbocycles. The Labute approximate surface area is 124 Å². The van der Waals surface area contributed by atoms with E-state index in [1.807, 2.05) is 0 Å². The van der Waals surface area contributed by atoms with E-state index in [1.54, 1.807) is 30.3 Å². The minimum absolute atomic E-state index is 0.0586. The Morgan fingerprint density at radius 3 is 2.50 bits per heavy atom. The van der Waals surface area contributed by atoms with Crippen LogP contribution in [0.2, 0.25) is 0 Å². The zero-order valence-corrected chi connectivity index (χ0v) is 11.1. The Kier molecular flexibility index (Phi) is 3.06. The maximum Gasteiger partial charge on any atom is 0.258 e. The third-order valence-electron chi connectivity index (χ3n) is 3.28. The second kappa shape index (κ2) is 5.04. The zero-order valence-electron chi connectivity index (χ0n) is 11.1. The molecule has 1 aliphatic rings. The van der Waals surface area contributed by atoms with Crippen LogP contribution in [0.15, 0.2) is 40.7 Å². The highest BCUT2D eigenvalue weighted by Gasteiger charge is 2.27. The van der Waals surface area contributed by atoms with Crippen LogP contribution < -0.4 is 5.32 Å². The fraction of sp³-hybridized carbons (Fsp3) is 0. The number of carbonyl (C=O) groups excluding carboxylic acids is 2. The second-order valence-electron chi connectivity index (χ2n) is 4.57. The van der Waals surface area contributed by atoms with Gasteiger partial charge in [0.1, 0.15) is 17.7 Å². The molecule has 0 saturated heterocycles. The lowest BCUT2D eigenvalue weighted by Gasteiger charge is -2.02. The van der Waals surface area contributed by atoms with E-state index < -0.39 is 11.8 Å². The Morgan fingerprint density at radius 1 is 1.05 bits per heavy atom. The minimum Gasteiger partial charge on any atom is -0.471 e. The van der Waals surface area contributed by atoms with E-state index in [0.29, 0.717) is 27.8 Å². The van der Waals surface area contributed by atoms with Crippen molar-refractivity contribution < 1.29 is 14.0 Å². The van der Waals surface area contributed by atoms with Gasteiger partial charge in [-0.1, -0.05) is 6.07 Å². The molecule has 104 valence electrons. The number of nitriles is 2. The number of nitrogens with one attached hydrogen (secondary N) is 1. The average Bonchev–Trinajstić information content (AvgIpc) is 3.10. The fourth-order valence-corrected chi connectivity index (χ4v) is 2.23. The molecule has 0 atom stereocenters. The predicted molar refractivity (Wildman–Crippen MR) is 75.1 cm³/mol. The molecule has 2 heterocycles. The molecule has 2 amide bonds. The van der Waals surface area contributed by atoms with Gasteiger partial charge in [-0.05, 0) is 23.8 Å². The summed E-state index contributed by atoms with van der Waals surface area (Å²) in [5, 5.41) is 19.9. The summed E-state index contributed by atoms with van der Waals surface area (Å²) in [7, 11) is 0. The van der Waals surface area contributed by atoms with E-state index in [9.17, 15) is 9.59 Å². The van der Waals surface area contributed by atoms with Crippen molar-refractivity contribution in [3.05, 3.63) is 53.0 Å². The number of imide groups is 1. The Hall–Kier alpha value is -3.64. The first-order valence-electron chi connectivity index (χ1n) is 6.22.